The van der Waals surface area contributed by atoms with Gasteiger partial charge in [0, 0.05) is 30.2 Å². The van der Waals surface area contributed by atoms with Crippen LogP contribution >= 0.6 is 23.5 Å². The quantitative estimate of drug-likeness (QED) is 0.435. The molecule has 2 aliphatic heterocycles. The summed E-state index contributed by atoms with van der Waals surface area (Å²) in [5, 5.41) is 23.1. The number of benzene rings is 2. The van der Waals surface area contributed by atoms with Crippen molar-refractivity contribution in [2.75, 3.05) is 39.8 Å². The number of ether oxygens (including phenoxy) is 2. The van der Waals surface area contributed by atoms with Crippen molar-refractivity contribution in [1.29, 1.82) is 5.26 Å². The monoisotopic (exact) mass is 516 g/mol. The van der Waals surface area contributed by atoms with Crippen molar-refractivity contribution in [2.24, 2.45) is 0 Å². The Hall–Kier alpha value is -2.48. The van der Waals surface area contributed by atoms with Crippen molar-refractivity contribution in [3.8, 4) is 23.3 Å². The van der Waals surface area contributed by atoms with Crippen molar-refractivity contribution in [3.63, 3.8) is 0 Å². The highest BCUT2D eigenvalue weighted by Crippen LogP contribution is 2.39. The number of carbonyl (C=O) groups excluding carboxylic acids is 1. The maximum absolute atomic E-state index is 12.9. The van der Waals surface area contributed by atoms with Crippen LogP contribution in [-0.2, 0) is 9.53 Å². The van der Waals surface area contributed by atoms with Crippen molar-refractivity contribution in [3.05, 3.63) is 47.0 Å². The molecular weight excluding hydrogens is 488 g/mol. The molecule has 0 spiro atoms. The number of nitrogens with one attached hydrogen (secondary N) is 1. The number of hydrogen-bond acceptors (Lipinski definition) is 9. The second kappa shape index (κ2) is 12.0. The second-order valence-electron chi connectivity index (χ2n) is 8.62. The van der Waals surface area contributed by atoms with Crippen LogP contribution in [0.25, 0.3) is 0 Å². The van der Waals surface area contributed by atoms with Crippen LogP contribution in [0.15, 0.2) is 41.3 Å². The third-order valence-corrected chi connectivity index (χ3v) is 7.66. The fourth-order valence-electron chi connectivity index (χ4n) is 4.52. The van der Waals surface area contributed by atoms with E-state index in [1.807, 2.05) is 4.31 Å². The molecule has 0 radical (unpaired) electrons. The molecule has 8 nitrogen and oxygen atoms in total. The third kappa shape index (κ3) is 6.60. The van der Waals surface area contributed by atoms with Gasteiger partial charge in [0.25, 0.3) is 0 Å². The summed E-state index contributed by atoms with van der Waals surface area (Å²) in [6.45, 7) is 4.16. The van der Waals surface area contributed by atoms with Gasteiger partial charge in [-0.1, -0.05) is 11.6 Å². The first-order chi connectivity index (χ1) is 17.0. The van der Waals surface area contributed by atoms with Gasteiger partial charge in [-0.15, -0.1) is 0 Å². The smallest absolute Gasteiger partial charge is 0.325 e. The summed E-state index contributed by atoms with van der Waals surface area (Å²) in [6.07, 6.45) is 3.03. The van der Waals surface area contributed by atoms with Gasteiger partial charge in [-0.2, -0.15) is 5.26 Å². The number of rotatable bonds is 6. The number of nitrogens with zero attached hydrogens (tertiary/aromatic N) is 3. The van der Waals surface area contributed by atoms with E-state index in [4.69, 9.17) is 21.1 Å². The summed E-state index contributed by atoms with van der Waals surface area (Å²) in [4.78, 5) is 16.0. The van der Waals surface area contributed by atoms with Crippen LogP contribution in [0.1, 0.15) is 24.8 Å². The van der Waals surface area contributed by atoms with Crippen LogP contribution in [0.4, 0.5) is 0 Å². The number of aromatic hydroxyl groups is 1. The largest absolute Gasteiger partial charge is 0.508 e. The van der Waals surface area contributed by atoms with E-state index in [1.165, 1.54) is 31.2 Å². The predicted octanol–water partition coefficient (Wildman–Crippen LogP) is 4.02. The Morgan fingerprint density at radius 1 is 1.23 bits per heavy atom. The molecule has 0 bridgehead atoms. The molecular formula is C25H29ClN4O4S. The Labute approximate surface area is 214 Å². The molecule has 0 amide bonds. The second-order valence-corrected chi connectivity index (χ2v) is 10.1. The highest BCUT2D eigenvalue weighted by molar-refractivity contribution is 7.97. The number of carbonyl (C=O) groups is 1. The van der Waals surface area contributed by atoms with Crippen molar-refractivity contribution in [2.45, 2.75) is 36.2 Å². The Morgan fingerprint density at radius 3 is 2.74 bits per heavy atom. The zero-order chi connectivity index (χ0) is 24.8. The van der Waals surface area contributed by atoms with Crippen LogP contribution in [0.3, 0.4) is 0 Å². The fraction of sp³-hybridized carbons (Fsp3) is 0.440. The molecule has 35 heavy (non-hydrogen) atoms. The topological polar surface area (TPSA) is 98.1 Å². The molecule has 10 heteroatoms. The maximum Gasteiger partial charge on any atom is 0.325 e. The first kappa shape index (κ1) is 25.6. The first-order valence-corrected chi connectivity index (χ1v) is 12.8. The van der Waals surface area contributed by atoms with Gasteiger partial charge in [-0.3, -0.25) is 9.69 Å². The lowest BCUT2D eigenvalue weighted by molar-refractivity contribution is -0.145. The van der Waals surface area contributed by atoms with Crippen LogP contribution in [-0.4, -0.2) is 72.2 Å². The van der Waals surface area contributed by atoms with Crippen LogP contribution in [0, 0.1) is 11.3 Å². The minimum atomic E-state index is -0.462. The van der Waals surface area contributed by atoms with Gasteiger partial charge in [-0.05, 0) is 81.2 Å². The summed E-state index contributed by atoms with van der Waals surface area (Å²) in [5.74, 6) is 0.585. The highest BCUT2D eigenvalue weighted by atomic mass is 35.5. The first-order valence-electron chi connectivity index (χ1n) is 11.7. The van der Waals surface area contributed by atoms with E-state index in [-0.39, 0.29) is 11.7 Å². The van der Waals surface area contributed by atoms with E-state index in [1.54, 1.807) is 24.3 Å². The Balaban J connectivity index is 1.60. The molecule has 0 saturated carbocycles. The molecule has 4 rings (SSSR count). The number of phenols is 1. The molecule has 2 saturated heterocycles. The highest BCUT2D eigenvalue weighted by Gasteiger charge is 2.35. The third-order valence-electron chi connectivity index (χ3n) is 6.25. The summed E-state index contributed by atoms with van der Waals surface area (Å²) < 4.78 is 13.3. The average Bonchev–Trinajstić information content (AvgIpc) is 3.07. The number of halogens is 1. The maximum atomic E-state index is 12.9. The summed E-state index contributed by atoms with van der Waals surface area (Å²) >= 11 is 7.45. The molecule has 1 atom stereocenters. The van der Waals surface area contributed by atoms with Gasteiger partial charge in [0.05, 0.1) is 23.6 Å². The molecule has 2 aromatic carbocycles. The van der Waals surface area contributed by atoms with Gasteiger partial charge >= 0.3 is 5.97 Å². The van der Waals surface area contributed by atoms with E-state index >= 15 is 0 Å². The molecule has 186 valence electrons. The van der Waals surface area contributed by atoms with E-state index < -0.39 is 6.04 Å². The fourth-order valence-corrected chi connectivity index (χ4v) is 5.88. The van der Waals surface area contributed by atoms with E-state index in [0.717, 1.165) is 38.9 Å². The van der Waals surface area contributed by atoms with Crippen LogP contribution in [0.2, 0.25) is 5.02 Å². The van der Waals surface area contributed by atoms with Gasteiger partial charge in [0.1, 0.15) is 23.3 Å². The standard InChI is InChI=1S/C25H29ClN4O4S/c1-33-25(32)22-16-29(19-5-7-28-8-6-19)9-2-10-30(22)35-24-11-17(15-27)3-4-23(24)34-21-13-18(26)12-20(31)14-21/h3-4,11-14,19,22,28,31H,2,5-10,16H2,1H3. The van der Waals surface area contributed by atoms with Crippen LogP contribution in [0.5, 0.6) is 17.2 Å². The number of phenolic OH excluding ortho intramolecular Hbond substituents is 1. The number of nitriles is 1. The van der Waals surface area contributed by atoms with Crippen molar-refractivity contribution in [1.82, 2.24) is 14.5 Å². The molecule has 0 aliphatic carbocycles. The van der Waals surface area contributed by atoms with E-state index in [2.05, 4.69) is 16.3 Å². The van der Waals surface area contributed by atoms with Gasteiger partial charge in [0.2, 0.25) is 0 Å². The molecule has 2 fully saturated rings. The molecule has 2 N–H and O–H groups in total. The zero-order valence-electron chi connectivity index (χ0n) is 19.6. The number of methoxy groups -OCH3 is 1. The summed E-state index contributed by atoms with van der Waals surface area (Å²) in [6, 6.07) is 11.8. The lowest BCUT2D eigenvalue weighted by atomic mass is 10.0. The lowest BCUT2D eigenvalue weighted by Gasteiger charge is -2.35. The van der Waals surface area contributed by atoms with E-state index in [9.17, 15) is 15.2 Å². The predicted molar refractivity (Wildman–Crippen MR) is 135 cm³/mol. The normalized spacial score (nSPS) is 20.1. The molecule has 0 aromatic heterocycles. The minimum absolute atomic E-state index is 0.00775. The Morgan fingerprint density at radius 2 is 2.03 bits per heavy atom. The summed E-state index contributed by atoms with van der Waals surface area (Å²) in [7, 11) is 1.42. The van der Waals surface area contributed by atoms with E-state index in [0.29, 0.717) is 46.1 Å². The molecule has 2 heterocycles. The Kier molecular flexibility index (Phi) is 8.76. The lowest BCUT2D eigenvalue weighted by Crippen LogP contribution is -2.49. The number of piperidine rings is 1. The number of hydrogen-bond donors (Lipinski definition) is 2. The Bertz CT molecular complexity index is 1070. The molecule has 2 aromatic rings. The van der Waals surface area contributed by atoms with Gasteiger partial charge in [-0.25, -0.2) is 4.31 Å². The molecule has 1 unspecified atom stereocenters. The zero-order valence-corrected chi connectivity index (χ0v) is 21.1. The van der Waals surface area contributed by atoms with Crippen molar-refractivity contribution < 1.29 is 19.4 Å². The van der Waals surface area contributed by atoms with Gasteiger partial charge < -0.3 is 19.9 Å². The van der Waals surface area contributed by atoms with Crippen molar-refractivity contribution >= 4 is 29.5 Å². The minimum Gasteiger partial charge on any atom is -0.508 e. The SMILES string of the molecule is COC(=O)C1CN(C2CCNCC2)CCCN1Sc1cc(C#N)ccc1Oc1cc(O)cc(Cl)c1. The van der Waals surface area contributed by atoms with Crippen LogP contribution < -0.4 is 10.1 Å². The van der Waals surface area contributed by atoms with Gasteiger partial charge in [0.15, 0.2) is 0 Å². The number of esters is 1. The summed E-state index contributed by atoms with van der Waals surface area (Å²) in [5.41, 5.74) is 0.481. The molecule has 2 aliphatic rings. The average molecular weight is 517 g/mol.